The summed E-state index contributed by atoms with van der Waals surface area (Å²) in [6.07, 6.45) is 6.42. The van der Waals surface area contributed by atoms with Crippen LogP contribution in [-0.2, 0) is 21.2 Å². The van der Waals surface area contributed by atoms with Gasteiger partial charge in [0.25, 0.3) is 15.9 Å². The Bertz CT molecular complexity index is 1760. The first-order valence-corrected chi connectivity index (χ1v) is 16.3. The van der Waals surface area contributed by atoms with Crippen LogP contribution < -0.4 is 9.46 Å². The number of hydrogen-bond donors (Lipinski definition) is 2. The second-order valence-corrected chi connectivity index (χ2v) is 13.1. The SMILES string of the molecule is CCCC(c1ccc(C(=O)NS(=O)(=O)c2ccccc2C)cc1OC)c1c[nH]c2ccc(CC3CCCN(C)C3=O)cc12. The van der Waals surface area contributed by atoms with Crippen molar-refractivity contribution in [3.05, 3.63) is 94.7 Å². The van der Waals surface area contributed by atoms with E-state index in [4.69, 9.17) is 4.74 Å². The van der Waals surface area contributed by atoms with Gasteiger partial charge in [-0.3, -0.25) is 9.59 Å². The maximum Gasteiger partial charge on any atom is 0.265 e. The second kappa shape index (κ2) is 12.6. The lowest BCUT2D eigenvalue weighted by Gasteiger charge is -2.29. The lowest BCUT2D eigenvalue weighted by molar-refractivity contribution is -0.136. The van der Waals surface area contributed by atoms with Crippen molar-refractivity contribution in [2.24, 2.45) is 5.92 Å². The number of likely N-dealkylation sites (tertiary alicyclic amines) is 1. The van der Waals surface area contributed by atoms with Crippen LogP contribution in [0.3, 0.4) is 0 Å². The van der Waals surface area contributed by atoms with Crippen molar-refractivity contribution < 1.29 is 22.7 Å². The van der Waals surface area contributed by atoms with Gasteiger partial charge in [-0.15, -0.1) is 0 Å². The van der Waals surface area contributed by atoms with E-state index in [2.05, 4.69) is 34.8 Å². The summed E-state index contributed by atoms with van der Waals surface area (Å²) in [7, 11) is -0.610. The summed E-state index contributed by atoms with van der Waals surface area (Å²) in [5.74, 6) is -0.0248. The maximum atomic E-state index is 13.1. The Balaban J connectivity index is 1.45. The van der Waals surface area contributed by atoms with Gasteiger partial charge < -0.3 is 14.6 Å². The number of hydrogen-bond acceptors (Lipinski definition) is 5. The number of aromatic amines is 1. The molecule has 4 aromatic rings. The number of sulfonamides is 1. The van der Waals surface area contributed by atoms with Gasteiger partial charge in [0.15, 0.2) is 0 Å². The molecule has 226 valence electrons. The van der Waals surface area contributed by atoms with E-state index in [9.17, 15) is 18.0 Å². The van der Waals surface area contributed by atoms with Crippen LogP contribution in [-0.4, -0.2) is 50.8 Å². The fourth-order valence-electron chi connectivity index (χ4n) is 6.20. The molecule has 1 aromatic heterocycles. The minimum Gasteiger partial charge on any atom is -0.496 e. The number of benzene rings is 3. The quantitative estimate of drug-likeness (QED) is 0.234. The van der Waals surface area contributed by atoms with Gasteiger partial charge in [-0.25, -0.2) is 13.1 Å². The highest BCUT2D eigenvalue weighted by Gasteiger charge is 2.28. The smallest absolute Gasteiger partial charge is 0.265 e. The molecule has 43 heavy (non-hydrogen) atoms. The Morgan fingerprint density at radius 1 is 1.12 bits per heavy atom. The molecule has 1 aliphatic rings. The van der Waals surface area contributed by atoms with Gasteiger partial charge in [0.05, 0.1) is 12.0 Å². The van der Waals surface area contributed by atoms with Crippen LogP contribution in [0, 0.1) is 12.8 Å². The van der Waals surface area contributed by atoms with E-state index in [0.29, 0.717) is 17.7 Å². The molecule has 3 aromatic carbocycles. The minimum absolute atomic E-state index is 0.00145. The third-order valence-electron chi connectivity index (χ3n) is 8.47. The van der Waals surface area contributed by atoms with Gasteiger partial charge >= 0.3 is 0 Å². The predicted molar refractivity (Wildman–Crippen MR) is 168 cm³/mol. The van der Waals surface area contributed by atoms with Crippen LogP contribution >= 0.6 is 0 Å². The van der Waals surface area contributed by atoms with Crippen LogP contribution in [0.25, 0.3) is 10.9 Å². The summed E-state index contributed by atoms with van der Waals surface area (Å²) in [6, 6.07) is 18.0. The van der Waals surface area contributed by atoms with Crippen molar-refractivity contribution in [1.29, 1.82) is 0 Å². The Kier molecular flexibility index (Phi) is 8.92. The molecule has 2 amide bonds. The van der Waals surface area contributed by atoms with Crippen LogP contribution in [0.5, 0.6) is 5.75 Å². The van der Waals surface area contributed by atoms with Crippen molar-refractivity contribution in [1.82, 2.24) is 14.6 Å². The molecule has 2 heterocycles. The molecule has 0 saturated carbocycles. The second-order valence-electron chi connectivity index (χ2n) is 11.4. The fraction of sp³-hybridized carbons (Fsp3) is 0.353. The van der Waals surface area contributed by atoms with Crippen molar-refractivity contribution >= 4 is 32.7 Å². The summed E-state index contributed by atoms with van der Waals surface area (Å²) in [6.45, 7) is 4.63. The van der Waals surface area contributed by atoms with E-state index >= 15 is 0 Å². The topological polar surface area (TPSA) is 109 Å². The normalized spacial score (nSPS) is 16.3. The first kappa shape index (κ1) is 30.4. The first-order valence-electron chi connectivity index (χ1n) is 14.8. The molecule has 2 N–H and O–H groups in total. The molecule has 1 saturated heterocycles. The lowest BCUT2D eigenvalue weighted by atomic mass is 9.85. The Morgan fingerprint density at radius 2 is 1.91 bits per heavy atom. The van der Waals surface area contributed by atoms with Gasteiger partial charge in [-0.1, -0.05) is 43.7 Å². The van der Waals surface area contributed by atoms with E-state index in [1.807, 2.05) is 24.2 Å². The number of carbonyl (C=O) groups excluding carboxylic acids is 2. The summed E-state index contributed by atoms with van der Waals surface area (Å²) < 4.78 is 33.8. The van der Waals surface area contributed by atoms with Crippen molar-refractivity contribution in [3.63, 3.8) is 0 Å². The number of rotatable bonds is 10. The molecule has 0 radical (unpaired) electrons. The zero-order valence-electron chi connectivity index (χ0n) is 25.1. The van der Waals surface area contributed by atoms with Crippen molar-refractivity contribution in [2.45, 2.75) is 56.8 Å². The molecule has 1 aliphatic heterocycles. The number of amides is 2. The highest BCUT2D eigenvalue weighted by atomic mass is 32.2. The van der Waals surface area contributed by atoms with Gasteiger partial charge in [-0.05, 0) is 79.6 Å². The summed E-state index contributed by atoms with van der Waals surface area (Å²) in [5.41, 5.74) is 4.92. The maximum absolute atomic E-state index is 13.1. The molecule has 0 aliphatic carbocycles. The van der Waals surface area contributed by atoms with Crippen molar-refractivity contribution in [2.75, 3.05) is 20.7 Å². The Hall–Kier alpha value is -4.11. The zero-order chi connectivity index (χ0) is 30.7. The molecule has 0 bridgehead atoms. The van der Waals surface area contributed by atoms with E-state index in [-0.39, 0.29) is 28.2 Å². The summed E-state index contributed by atoms with van der Waals surface area (Å²) in [5, 5.41) is 1.10. The van der Waals surface area contributed by atoms with Gasteiger partial charge in [0, 0.05) is 53.7 Å². The molecule has 9 heteroatoms. The Labute approximate surface area is 253 Å². The molecular weight excluding hydrogens is 562 g/mol. The highest BCUT2D eigenvalue weighted by Crippen LogP contribution is 2.39. The number of piperidine rings is 1. The third-order valence-corrected chi connectivity index (χ3v) is 9.96. The van der Waals surface area contributed by atoms with E-state index < -0.39 is 15.9 Å². The number of methoxy groups -OCH3 is 1. The van der Waals surface area contributed by atoms with E-state index in [0.717, 1.165) is 59.8 Å². The molecule has 5 rings (SSSR count). The summed E-state index contributed by atoms with van der Waals surface area (Å²) in [4.78, 5) is 31.1. The average molecular weight is 602 g/mol. The number of aryl methyl sites for hydroxylation is 1. The molecule has 1 fully saturated rings. The summed E-state index contributed by atoms with van der Waals surface area (Å²) >= 11 is 0. The number of aromatic nitrogens is 1. The number of nitrogens with zero attached hydrogens (tertiary/aromatic N) is 1. The number of nitrogens with one attached hydrogen (secondary N) is 2. The molecule has 0 spiro atoms. The lowest BCUT2D eigenvalue weighted by Crippen LogP contribution is -2.39. The number of fused-ring (bicyclic) bond motifs is 1. The molecular formula is C34H39N3O5S. The van der Waals surface area contributed by atoms with E-state index in [1.165, 1.54) is 6.07 Å². The standard InChI is InChI=1S/C34H39N3O5S/c1-5-9-26(29-21-35-30-16-13-23(19-28(29)30)18-25-11-8-17-37(3)34(25)39)27-15-14-24(20-31(27)42-4)33(38)36-43(40,41)32-12-7-6-10-22(32)2/h6-7,10,12-16,19-21,25-26,35H,5,8-9,11,17-18H2,1-4H3,(H,36,38). The largest absolute Gasteiger partial charge is 0.496 e. The van der Waals surface area contributed by atoms with Crippen LogP contribution in [0.4, 0.5) is 0 Å². The highest BCUT2D eigenvalue weighted by molar-refractivity contribution is 7.90. The van der Waals surface area contributed by atoms with Crippen molar-refractivity contribution in [3.8, 4) is 5.75 Å². The monoisotopic (exact) mass is 601 g/mol. The molecule has 2 atom stereocenters. The zero-order valence-corrected chi connectivity index (χ0v) is 26.0. The van der Waals surface area contributed by atoms with Crippen LogP contribution in [0.2, 0.25) is 0 Å². The van der Waals surface area contributed by atoms with Crippen LogP contribution in [0.15, 0.2) is 71.8 Å². The first-order chi connectivity index (χ1) is 20.6. The number of H-pyrrole nitrogens is 1. The molecule has 8 nitrogen and oxygen atoms in total. The number of carbonyl (C=O) groups is 2. The fourth-order valence-corrected chi connectivity index (χ4v) is 7.42. The third kappa shape index (κ3) is 6.32. The minimum atomic E-state index is -4.04. The Morgan fingerprint density at radius 3 is 2.65 bits per heavy atom. The van der Waals surface area contributed by atoms with Gasteiger partial charge in [-0.2, -0.15) is 0 Å². The van der Waals surface area contributed by atoms with E-state index in [1.54, 1.807) is 44.4 Å². The number of ether oxygens (including phenoxy) is 1. The van der Waals surface area contributed by atoms with Gasteiger partial charge in [0.2, 0.25) is 5.91 Å². The average Bonchev–Trinajstić information content (AvgIpc) is 3.41. The van der Waals surface area contributed by atoms with Crippen LogP contribution in [0.1, 0.15) is 71.1 Å². The van der Waals surface area contributed by atoms with Gasteiger partial charge in [0.1, 0.15) is 5.75 Å². The molecule has 2 unspecified atom stereocenters. The predicted octanol–water partition coefficient (Wildman–Crippen LogP) is 5.95.